The third-order valence-corrected chi connectivity index (χ3v) is 4.71. The Balaban J connectivity index is 3.08. The lowest BCUT2D eigenvalue weighted by Crippen LogP contribution is -2.64. The number of esters is 1. The molecule has 1 rings (SSSR count). The lowest BCUT2D eigenvalue weighted by Gasteiger charge is -2.32. The Morgan fingerprint density at radius 1 is 0.966 bits per heavy atom. The summed E-state index contributed by atoms with van der Waals surface area (Å²) in [5, 5.41) is 12.1. The van der Waals surface area contributed by atoms with Crippen molar-refractivity contribution >= 4 is 29.8 Å². The van der Waals surface area contributed by atoms with Gasteiger partial charge in [-0.15, -0.1) is 0 Å². The molecule has 0 fully saturated rings. The van der Waals surface area contributed by atoms with Crippen LogP contribution in [0.4, 0.5) is 4.79 Å². The van der Waals surface area contributed by atoms with Gasteiger partial charge in [0.1, 0.15) is 11.2 Å². The first kappa shape index (κ1) is 24.8. The molecule has 0 aromatic heterocycles. The number of nitrogens with one attached hydrogen (secondary N) is 1. The number of hydrogen-bond acceptors (Lipinski definition) is 6. The van der Waals surface area contributed by atoms with E-state index in [2.05, 4.69) is 5.32 Å². The van der Waals surface area contributed by atoms with Gasteiger partial charge in [-0.3, -0.25) is 5.32 Å². The van der Waals surface area contributed by atoms with Crippen molar-refractivity contribution in [3.8, 4) is 0 Å². The van der Waals surface area contributed by atoms with Crippen LogP contribution in [-0.4, -0.2) is 45.6 Å². The van der Waals surface area contributed by atoms with E-state index < -0.39 is 34.8 Å². The van der Waals surface area contributed by atoms with Gasteiger partial charge in [0.05, 0.1) is 0 Å². The third kappa shape index (κ3) is 8.35. The second-order valence-corrected chi connectivity index (χ2v) is 9.80. The predicted molar refractivity (Wildman–Crippen MR) is 113 cm³/mol. The normalized spacial score (nSPS) is 13.9. The van der Waals surface area contributed by atoms with Gasteiger partial charge in [-0.2, -0.15) is 11.8 Å². The summed E-state index contributed by atoms with van der Waals surface area (Å²) in [5.74, 6) is -2.30. The highest BCUT2D eigenvalue weighted by Gasteiger charge is 2.51. The largest absolute Gasteiger partial charge is 0.479 e. The zero-order chi connectivity index (χ0) is 22.5. The fourth-order valence-electron chi connectivity index (χ4n) is 2.20. The van der Waals surface area contributed by atoms with E-state index in [0.29, 0.717) is 5.75 Å². The molecule has 8 heteroatoms. The predicted octanol–water partition coefficient (Wildman–Crippen LogP) is 3.92. The van der Waals surface area contributed by atoms with Crippen LogP contribution in [0.1, 0.15) is 52.7 Å². The molecule has 0 saturated heterocycles. The van der Waals surface area contributed by atoms with Gasteiger partial charge in [-0.25, -0.2) is 14.4 Å². The first-order valence-electron chi connectivity index (χ1n) is 9.26. The molecule has 0 aliphatic rings. The van der Waals surface area contributed by atoms with Crippen molar-refractivity contribution in [3.05, 3.63) is 35.4 Å². The summed E-state index contributed by atoms with van der Waals surface area (Å²) in [6.07, 6.45) is -0.998. The molecule has 1 aromatic rings. The number of ether oxygens (including phenoxy) is 2. The Hall–Kier alpha value is -2.22. The van der Waals surface area contributed by atoms with Gasteiger partial charge in [0.15, 0.2) is 0 Å². The quantitative estimate of drug-likeness (QED) is 0.504. The standard InChI is InChI=1S/C21H31NO6S/c1-14-8-10-15(11-9-14)12-29-13-21(16(23)24,17(25)27-19(2,3)4)22-18(26)28-20(5,6)7/h8-11H,12-13H2,1-7H3,(H,22,26)(H,23,24)/t21-/m0/s1. The Labute approximate surface area is 176 Å². The Morgan fingerprint density at radius 2 is 1.48 bits per heavy atom. The minimum absolute atomic E-state index is 0.218. The molecular formula is C21H31NO6S. The lowest BCUT2D eigenvalue weighted by molar-refractivity contribution is -0.169. The number of hydrogen-bond donors (Lipinski definition) is 2. The summed E-state index contributed by atoms with van der Waals surface area (Å²) in [5.41, 5.74) is -1.96. The zero-order valence-electron chi connectivity index (χ0n) is 18.1. The highest BCUT2D eigenvalue weighted by Crippen LogP contribution is 2.24. The van der Waals surface area contributed by atoms with Crippen molar-refractivity contribution in [2.24, 2.45) is 0 Å². The maximum absolute atomic E-state index is 12.8. The summed E-state index contributed by atoms with van der Waals surface area (Å²) >= 11 is 1.21. The van der Waals surface area contributed by atoms with Gasteiger partial charge in [-0.05, 0) is 54.0 Å². The summed E-state index contributed by atoms with van der Waals surface area (Å²) in [4.78, 5) is 37.3. The molecule has 0 spiro atoms. The van der Waals surface area contributed by atoms with Crippen molar-refractivity contribution in [1.82, 2.24) is 5.32 Å². The number of carboxylic acids is 1. The van der Waals surface area contributed by atoms with E-state index in [1.165, 1.54) is 11.8 Å². The number of benzene rings is 1. The second-order valence-electron chi connectivity index (χ2n) is 8.82. The van der Waals surface area contributed by atoms with Crippen molar-refractivity contribution in [1.29, 1.82) is 0 Å². The van der Waals surface area contributed by atoms with E-state index in [9.17, 15) is 19.5 Å². The third-order valence-electron chi connectivity index (χ3n) is 3.53. The van der Waals surface area contributed by atoms with Crippen LogP contribution in [-0.2, 0) is 24.8 Å². The van der Waals surface area contributed by atoms with Crippen molar-refractivity contribution in [3.63, 3.8) is 0 Å². The average molecular weight is 426 g/mol. The van der Waals surface area contributed by atoms with Gasteiger partial charge < -0.3 is 14.6 Å². The number of amides is 1. The van der Waals surface area contributed by atoms with Crippen LogP contribution in [0.15, 0.2) is 24.3 Å². The summed E-state index contributed by atoms with van der Waals surface area (Å²) in [6, 6.07) is 7.76. The van der Waals surface area contributed by atoms with E-state index in [4.69, 9.17) is 9.47 Å². The summed E-state index contributed by atoms with van der Waals surface area (Å²) < 4.78 is 10.5. The average Bonchev–Trinajstić information content (AvgIpc) is 2.52. The molecule has 7 nitrogen and oxygen atoms in total. The van der Waals surface area contributed by atoms with E-state index in [1.807, 2.05) is 31.2 Å². The van der Waals surface area contributed by atoms with E-state index in [1.54, 1.807) is 41.5 Å². The first-order valence-corrected chi connectivity index (χ1v) is 10.4. The molecule has 1 aromatic carbocycles. The van der Waals surface area contributed by atoms with E-state index in [-0.39, 0.29) is 5.75 Å². The van der Waals surface area contributed by atoms with E-state index in [0.717, 1.165) is 11.1 Å². The highest BCUT2D eigenvalue weighted by atomic mass is 32.2. The maximum Gasteiger partial charge on any atom is 0.409 e. The zero-order valence-corrected chi connectivity index (χ0v) is 18.9. The van der Waals surface area contributed by atoms with Gasteiger partial charge in [0.25, 0.3) is 0 Å². The van der Waals surface area contributed by atoms with Crippen LogP contribution in [0.25, 0.3) is 0 Å². The number of thioether (sulfide) groups is 1. The summed E-state index contributed by atoms with van der Waals surface area (Å²) in [6.45, 7) is 11.8. The van der Waals surface area contributed by atoms with E-state index >= 15 is 0 Å². The van der Waals surface area contributed by atoms with Crippen molar-refractivity contribution in [2.45, 2.75) is 71.0 Å². The van der Waals surface area contributed by atoms with Gasteiger partial charge in [0, 0.05) is 11.5 Å². The van der Waals surface area contributed by atoms with Gasteiger partial charge in [0.2, 0.25) is 5.54 Å². The molecule has 0 heterocycles. The molecule has 2 N–H and O–H groups in total. The topological polar surface area (TPSA) is 102 Å². The Bertz CT molecular complexity index is 733. The minimum atomic E-state index is -2.27. The van der Waals surface area contributed by atoms with Crippen LogP contribution < -0.4 is 5.32 Å². The fourth-order valence-corrected chi connectivity index (χ4v) is 3.35. The van der Waals surface area contributed by atoms with Crippen molar-refractivity contribution < 1.29 is 29.0 Å². The molecule has 1 amide bonds. The van der Waals surface area contributed by atoms with Crippen molar-refractivity contribution in [2.75, 3.05) is 5.75 Å². The van der Waals surface area contributed by atoms with Crippen LogP contribution in [0, 0.1) is 6.92 Å². The first-order chi connectivity index (χ1) is 13.1. The highest BCUT2D eigenvalue weighted by molar-refractivity contribution is 7.98. The number of carbonyl (C=O) groups excluding carboxylic acids is 2. The fraction of sp³-hybridized carbons (Fsp3) is 0.571. The maximum atomic E-state index is 12.8. The lowest BCUT2D eigenvalue weighted by atomic mass is 10.0. The van der Waals surface area contributed by atoms with Crippen LogP contribution in [0.2, 0.25) is 0 Å². The Morgan fingerprint density at radius 3 is 1.93 bits per heavy atom. The number of carboxylic acid groups (broad SMARTS) is 1. The molecule has 29 heavy (non-hydrogen) atoms. The molecule has 162 valence electrons. The molecule has 0 bridgehead atoms. The molecule has 0 radical (unpaired) electrons. The summed E-state index contributed by atoms with van der Waals surface area (Å²) in [7, 11) is 0. The van der Waals surface area contributed by atoms with Gasteiger partial charge >= 0.3 is 18.0 Å². The van der Waals surface area contributed by atoms with Crippen LogP contribution in [0.5, 0.6) is 0 Å². The molecule has 1 atom stereocenters. The number of aryl methyl sites for hydroxylation is 1. The number of rotatable bonds is 7. The number of alkyl carbamates (subject to hydrolysis) is 1. The smallest absolute Gasteiger partial charge is 0.409 e. The SMILES string of the molecule is Cc1ccc(CSC[C@](NC(=O)OC(C)(C)C)(C(=O)O)C(=O)OC(C)(C)C)cc1. The second kappa shape index (κ2) is 9.52. The molecule has 0 unspecified atom stereocenters. The minimum Gasteiger partial charge on any atom is -0.479 e. The number of carbonyl (C=O) groups is 3. The molecule has 0 aliphatic carbocycles. The number of aliphatic carboxylic acids is 1. The monoisotopic (exact) mass is 425 g/mol. The molecule has 0 aliphatic heterocycles. The van der Waals surface area contributed by atoms with Crippen LogP contribution in [0.3, 0.4) is 0 Å². The molecular weight excluding hydrogens is 394 g/mol. The Kier molecular flexibility index (Phi) is 8.15. The molecule has 0 saturated carbocycles. The van der Waals surface area contributed by atoms with Crippen LogP contribution >= 0.6 is 11.8 Å². The van der Waals surface area contributed by atoms with Gasteiger partial charge in [-0.1, -0.05) is 29.8 Å².